The lowest BCUT2D eigenvalue weighted by Crippen LogP contribution is -2.05. The number of carbonyl (C=O) groups excluding carboxylic acids is 1. The third-order valence-corrected chi connectivity index (χ3v) is 3.15. The molecular weight excluding hydrogens is 208 g/mol. The Labute approximate surface area is 94.8 Å². The number of Topliss-reactive ketones (excluding diaryl/α,β-unsaturated/α-hetero) is 1. The van der Waals surface area contributed by atoms with E-state index in [1.54, 1.807) is 0 Å². The maximum Gasteiger partial charge on any atom is 0.163 e. The lowest BCUT2D eigenvalue weighted by molar-refractivity contribution is -0.114. The van der Waals surface area contributed by atoms with Crippen LogP contribution in [0.3, 0.4) is 0 Å². The van der Waals surface area contributed by atoms with E-state index in [2.05, 4.69) is 0 Å². The highest BCUT2D eigenvalue weighted by atomic mass is 35.5. The van der Waals surface area contributed by atoms with Crippen LogP contribution in [0.25, 0.3) is 5.57 Å². The van der Waals surface area contributed by atoms with Gasteiger partial charge in [-0.2, -0.15) is 0 Å². The molecule has 15 heavy (non-hydrogen) atoms. The zero-order valence-corrected chi connectivity index (χ0v) is 9.47. The van der Waals surface area contributed by atoms with Crippen molar-refractivity contribution in [1.29, 1.82) is 0 Å². The predicted molar refractivity (Wildman–Crippen MR) is 63.0 cm³/mol. The zero-order chi connectivity index (χ0) is 10.8. The fourth-order valence-corrected chi connectivity index (χ4v) is 1.98. The van der Waals surface area contributed by atoms with Gasteiger partial charge < -0.3 is 0 Å². The summed E-state index contributed by atoms with van der Waals surface area (Å²) in [5.74, 6) is 0.237. The van der Waals surface area contributed by atoms with Crippen LogP contribution in [-0.2, 0) is 4.79 Å². The van der Waals surface area contributed by atoms with E-state index in [0.29, 0.717) is 6.42 Å². The number of carbonyl (C=O) groups is 1. The van der Waals surface area contributed by atoms with Gasteiger partial charge in [-0.05, 0) is 37.0 Å². The molecule has 0 amide bonds. The van der Waals surface area contributed by atoms with Gasteiger partial charge in [-0.25, -0.2) is 0 Å². The van der Waals surface area contributed by atoms with Crippen LogP contribution >= 0.6 is 11.6 Å². The largest absolute Gasteiger partial charge is 0.294 e. The standard InChI is InChI=1S/C13H13ClO/c1-9-6-7-10(8-12(9)14)11-4-2-3-5-13(11)15/h4,6-8H,2-3,5H2,1H3. The van der Waals surface area contributed by atoms with Crippen molar-refractivity contribution in [1.82, 2.24) is 0 Å². The summed E-state index contributed by atoms with van der Waals surface area (Å²) in [5.41, 5.74) is 2.84. The van der Waals surface area contributed by atoms with E-state index in [-0.39, 0.29) is 5.78 Å². The summed E-state index contributed by atoms with van der Waals surface area (Å²) in [4.78, 5) is 11.7. The van der Waals surface area contributed by atoms with Gasteiger partial charge in [0.25, 0.3) is 0 Å². The summed E-state index contributed by atoms with van der Waals surface area (Å²) in [6.45, 7) is 1.96. The van der Waals surface area contributed by atoms with Crippen molar-refractivity contribution in [3.63, 3.8) is 0 Å². The van der Waals surface area contributed by atoms with Gasteiger partial charge in [0.1, 0.15) is 0 Å². The Morgan fingerprint density at radius 1 is 1.33 bits per heavy atom. The molecule has 0 unspecified atom stereocenters. The molecule has 0 bridgehead atoms. The molecule has 0 aromatic heterocycles. The fourth-order valence-electron chi connectivity index (χ4n) is 1.80. The van der Waals surface area contributed by atoms with E-state index in [9.17, 15) is 4.79 Å². The molecular formula is C13H13ClO. The molecule has 1 nitrogen and oxygen atoms in total. The van der Waals surface area contributed by atoms with Crippen LogP contribution in [0.1, 0.15) is 30.4 Å². The maximum atomic E-state index is 11.7. The van der Waals surface area contributed by atoms with Gasteiger partial charge in [-0.3, -0.25) is 4.79 Å². The summed E-state index contributed by atoms with van der Waals surface area (Å²) in [7, 11) is 0. The number of halogens is 1. The van der Waals surface area contributed by atoms with Crippen LogP contribution in [0, 0.1) is 6.92 Å². The van der Waals surface area contributed by atoms with Crippen molar-refractivity contribution in [3.8, 4) is 0 Å². The molecule has 2 rings (SSSR count). The first kappa shape index (κ1) is 10.4. The van der Waals surface area contributed by atoms with Crippen molar-refractivity contribution in [3.05, 3.63) is 40.4 Å². The molecule has 0 atom stereocenters. The molecule has 0 spiro atoms. The smallest absolute Gasteiger partial charge is 0.163 e. The Balaban J connectivity index is 2.41. The molecule has 0 fully saturated rings. The highest BCUT2D eigenvalue weighted by molar-refractivity contribution is 6.32. The predicted octanol–water partition coefficient (Wildman–Crippen LogP) is 3.78. The van der Waals surface area contributed by atoms with Crippen molar-refractivity contribution in [2.24, 2.45) is 0 Å². The Morgan fingerprint density at radius 3 is 2.80 bits per heavy atom. The van der Waals surface area contributed by atoms with Gasteiger partial charge in [-0.15, -0.1) is 0 Å². The SMILES string of the molecule is Cc1ccc(C2=CCCCC2=O)cc1Cl. The van der Waals surface area contributed by atoms with Gasteiger partial charge in [0.05, 0.1) is 0 Å². The highest BCUT2D eigenvalue weighted by Crippen LogP contribution is 2.27. The number of allylic oxidation sites excluding steroid dienone is 2. The van der Waals surface area contributed by atoms with Gasteiger partial charge in [0.2, 0.25) is 0 Å². The topological polar surface area (TPSA) is 17.1 Å². The second-order valence-corrected chi connectivity index (χ2v) is 4.30. The van der Waals surface area contributed by atoms with Crippen LogP contribution in [0.4, 0.5) is 0 Å². The summed E-state index contributed by atoms with van der Waals surface area (Å²) < 4.78 is 0. The minimum Gasteiger partial charge on any atom is -0.294 e. The molecule has 1 aliphatic carbocycles. The average molecular weight is 221 g/mol. The minimum atomic E-state index is 0.237. The Morgan fingerprint density at radius 2 is 2.13 bits per heavy atom. The second kappa shape index (κ2) is 4.19. The molecule has 0 saturated heterocycles. The molecule has 1 aliphatic rings. The quantitative estimate of drug-likeness (QED) is 0.704. The number of ketones is 1. The highest BCUT2D eigenvalue weighted by Gasteiger charge is 2.15. The second-order valence-electron chi connectivity index (χ2n) is 3.90. The number of hydrogen-bond donors (Lipinski definition) is 0. The lowest BCUT2D eigenvalue weighted by Gasteiger charge is -2.12. The molecule has 2 heteroatoms. The average Bonchev–Trinajstić information content (AvgIpc) is 2.23. The van der Waals surface area contributed by atoms with Crippen molar-refractivity contribution < 1.29 is 4.79 Å². The lowest BCUT2D eigenvalue weighted by atomic mass is 9.92. The maximum absolute atomic E-state index is 11.7. The first-order valence-corrected chi connectivity index (χ1v) is 5.56. The van der Waals surface area contributed by atoms with Crippen molar-refractivity contribution >= 4 is 23.0 Å². The first-order chi connectivity index (χ1) is 7.18. The van der Waals surface area contributed by atoms with E-state index in [4.69, 9.17) is 11.6 Å². The van der Waals surface area contributed by atoms with Crippen LogP contribution in [0.2, 0.25) is 5.02 Å². The Hall–Kier alpha value is -1.08. The Bertz CT molecular complexity index is 432. The third kappa shape index (κ3) is 2.13. The van der Waals surface area contributed by atoms with E-state index in [0.717, 1.165) is 34.6 Å². The van der Waals surface area contributed by atoms with Crippen LogP contribution < -0.4 is 0 Å². The molecule has 78 valence electrons. The van der Waals surface area contributed by atoms with Crippen LogP contribution in [0.15, 0.2) is 24.3 Å². The molecule has 1 aromatic carbocycles. The zero-order valence-electron chi connectivity index (χ0n) is 8.72. The summed E-state index contributed by atoms with van der Waals surface area (Å²) >= 11 is 6.04. The van der Waals surface area contributed by atoms with Crippen molar-refractivity contribution in [2.45, 2.75) is 26.2 Å². The molecule has 0 aliphatic heterocycles. The van der Waals surface area contributed by atoms with Gasteiger partial charge >= 0.3 is 0 Å². The van der Waals surface area contributed by atoms with Gasteiger partial charge in [-0.1, -0.05) is 29.8 Å². The third-order valence-electron chi connectivity index (χ3n) is 2.74. The number of rotatable bonds is 1. The normalized spacial score (nSPS) is 16.4. The Kier molecular flexibility index (Phi) is 2.92. The summed E-state index contributed by atoms with van der Waals surface area (Å²) in [6, 6.07) is 5.81. The molecule has 0 heterocycles. The monoisotopic (exact) mass is 220 g/mol. The first-order valence-electron chi connectivity index (χ1n) is 5.18. The minimum absolute atomic E-state index is 0.237. The summed E-state index contributed by atoms with van der Waals surface area (Å²) in [5, 5.41) is 0.728. The van der Waals surface area contributed by atoms with Crippen molar-refractivity contribution in [2.75, 3.05) is 0 Å². The van der Waals surface area contributed by atoms with E-state index < -0.39 is 0 Å². The molecule has 0 radical (unpaired) electrons. The van der Waals surface area contributed by atoms with E-state index in [1.807, 2.05) is 31.2 Å². The summed E-state index contributed by atoms with van der Waals surface area (Å²) in [6.07, 6.45) is 4.65. The van der Waals surface area contributed by atoms with Gasteiger partial charge in [0, 0.05) is 17.0 Å². The number of hydrogen-bond acceptors (Lipinski definition) is 1. The molecule has 0 N–H and O–H groups in total. The van der Waals surface area contributed by atoms with Crippen LogP contribution in [0.5, 0.6) is 0 Å². The van der Waals surface area contributed by atoms with Crippen LogP contribution in [-0.4, -0.2) is 5.78 Å². The number of aryl methyl sites for hydroxylation is 1. The van der Waals surface area contributed by atoms with E-state index in [1.165, 1.54) is 0 Å². The molecule has 1 aromatic rings. The fraction of sp³-hybridized carbons (Fsp3) is 0.308. The van der Waals surface area contributed by atoms with E-state index >= 15 is 0 Å². The molecule has 0 saturated carbocycles. The number of benzene rings is 1. The van der Waals surface area contributed by atoms with Gasteiger partial charge in [0.15, 0.2) is 5.78 Å².